The van der Waals surface area contributed by atoms with Gasteiger partial charge >= 0.3 is 5.97 Å². The van der Waals surface area contributed by atoms with Crippen LogP contribution in [0.4, 0.5) is 4.39 Å². The minimum absolute atomic E-state index is 0.0838. The number of hydrogen-bond donors (Lipinski definition) is 0. The predicted octanol–water partition coefficient (Wildman–Crippen LogP) is 1.55. The Balaban J connectivity index is 2.89. The number of methoxy groups -OCH3 is 2. The number of halogens is 1. The van der Waals surface area contributed by atoms with Crippen LogP contribution < -0.4 is 4.74 Å². The Morgan fingerprint density at radius 3 is 2.71 bits per heavy atom. The monoisotopic (exact) mass is 198 g/mol. The summed E-state index contributed by atoms with van der Waals surface area (Å²) in [4.78, 5) is 10.9. The summed E-state index contributed by atoms with van der Waals surface area (Å²) in [6.45, 7) is 0. The Morgan fingerprint density at radius 2 is 2.14 bits per heavy atom. The lowest BCUT2D eigenvalue weighted by atomic mass is 10.1. The van der Waals surface area contributed by atoms with Gasteiger partial charge in [0.15, 0.2) is 0 Å². The second kappa shape index (κ2) is 4.60. The molecule has 0 unspecified atom stereocenters. The van der Waals surface area contributed by atoms with Crippen LogP contribution in [0, 0.1) is 5.82 Å². The second-order valence-electron chi connectivity index (χ2n) is 2.71. The number of rotatable bonds is 3. The average Bonchev–Trinajstić information content (AvgIpc) is 2.21. The van der Waals surface area contributed by atoms with E-state index in [-0.39, 0.29) is 12.0 Å². The fourth-order valence-electron chi connectivity index (χ4n) is 1.04. The fourth-order valence-corrected chi connectivity index (χ4v) is 1.04. The Morgan fingerprint density at radius 1 is 1.43 bits per heavy atom. The molecule has 3 nitrogen and oxygen atoms in total. The van der Waals surface area contributed by atoms with Crippen LogP contribution in [0.2, 0.25) is 0 Å². The van der Waals surface area contributed by atoms with Crippen molar-refractivity contribution >= 4 is 5.97 Å². The van der Waals surface area contributed by atoms with Crippen LogP contribution in [0.15, 0.2) is 18.2 Å². The zero-order valence-electron chi connectivity index (χ0n) is 8.04. The molecule has 1 aromatic carbocycles. The summed E-state index contributed by atoms with van der Waals surface area (Å²) in [5.41, 5.74) is 0.274. The van der Waals surface area contributed by atoms with Crippen molar-refractivity contribution in [1.82, 2.24) is 0 Å². The van der Waals surface area contributed by atoms with E-state index in [1.165, 1.54) is 32.4 Å². The van der Waals surface area contributed by atoms with Crippen molar-refractivity contribution in [2.24, 2.45) is 0 Å². The molecular formula is C10H11FO3. The standard InChI is InChI=1S/C10H11FO3/c1-13-8-3-4-9(11)7(5-8)6-10(12)14-2/h3-5H,6H2,1-2H3. The topological polar surface area (TPSA) is 35.5 Å². The first-order valence-corrected chi connectivity index (χ1v) is 4.06. The zero-order valence-corrected chi connectivity index (χ0v) is 8.04. The van der Waals surface area contributed by atoms with Crippen molar-refractivity contribution in [3.8, 4) is 5.75 Å². The summed E-state index contributed by atoms with van der Waals surface area (Å²) in [6, 6.07) is 4.24. The van der Waals surface area contributed by atoms with Crippen molar-refractivity contribution in [1.29, 1.82) is 0 Å². The highest BCUT2D eigenvalue weighted by Gasteiger charge is 2.09. The molecule has 14 heavy (non-hydrogen) atoms. The molecule has 0 saturated heterocycles. The molecule has 0 spiro atoms. The van der Waals surface area contributed by atoms with E-state index in [1.54, 1.807) is 0 Å². The maximum atomic E-state index is 13.1. The molecule has 0 aromatic heterocycles. The van der Waals surface area contributed by atoms with Crippen LogP contribution in [0.5, 0.6) is 5.75 Å². The molecule has 0 atom stereocenters. The highest BCUT2D eigenvalue weighted by molar-refractivity contribution is 5.72. The van der Waals surface area contributed by atoms with E-state index in [1.807, 2.05) is 0 Å². The molecule has 0 aliphatic rings. The molecule has 0 saturated carbocycles. The van der Waals surface area contributed by atoms with Gasteiger partial charge in [-0.05, 0) is 18.2 Å². The Bertz CT molecular complexity index is 336. The fraction of sp³-hybridized carbons (Fsp3) is 0.300. The van der Waals surface area contributed by atoms with Gasteiger partial charge in [0.1, 0.15) is 11.6 Å². The van der Waals surface area contributed by atoms with Crippen molar-refractivity contribution in [2.45, 2.75) is 6.42 Å². The van der Waals surface area contributed by atoms with Gasteiger partial charge < -0.3 is 9.47 Å². The van der Waals surface area contributed by atoms with Gasteiger partial charge in [-0.2, -0.15) is 0 Å². The molecule has 0 amide bonds. The van der Waals surface area contributed by atoms with Crippen molar-refractivity contribution in [3.05, 3.63) is 29.6 Å². The van der Waals surface area contributed by atoms with Crippen LogP contribution in [-0.4, -0.2) is 20.2 Å². The molecule has 0 aliphatic heterocycles. The largest absolute Gasteiger partial charge is 0.497 e. The van der Waals surface area contributed by atoms with E-state index in [9.17, 15) is 9.18 Å². The molecule has 76 valence electrons. The van der Waals surface area contributed by atoms with Crippen LogP contribution in [0.3, 0.4) is 0 Å². The minimum atomic E-state index is -0.475. The van der Waals surface area contributed by atoms with Crippen LogP contribution in [0.25, 0.3) is 0 Å². The number of esters is 1. The van der Waals surface area contributed by atoms with Crippen molar-refractivity contribution < 1.29 is 18.7 Å². The smallest absolute Gasteiger partial charge is 0.310 e. The summed E-state index contributed by atoms with van der Waals surface area (Å²) in [5.74, 6) is -0.390. The van der Waals surface area contributed by atoms with E-state index >= 15 is 0 Å². The van der Waals surface area contributed by atoms with E-state index in [4.69, 9.17) is 4.74 Å². The third kappa shape index (κ3) is 2.45. The van der Waals surface area contributed by atoms with Gasteiger partial charge in [-0.3, -0.25) is 4.79 Å². The lowest BCUT2D eigenvalue weighted by Crippen LogP contribution is -2.06. The summed E-state index contributed by atoms with van der Waals surface area (Å²) in [7, 11) is 2.75. The van der Waals surface area contributed by atoms with Crippen LogP contribution in [-0.2, 0) is 16.0 Å². The molecule has 0 radical (unpaired) electrons. The lowest BCUT2D eigenvalue weighted by molar-refractivity contribution is -0.139. The SMILES string of the molecule is COC(=O)Cc1cc(OC)ccc1F. The summed E-state index contributed by atoms with van der Waals surface area (Å²) < 4.78 is 22.5. The van der Waals surface area contributed by atoms with Gasteiger partial charge in [0.25, 0.3) is 0 Å². The molecular weight excluding hydrogens is 187 g/mol. The maximum Gasteiger partial charge on any atom is 0.310 e. The van der Waals surface area contributed by atoms with Gasteiger partial charge in [0.2, 0.25) is 0 Å². The highest BCUT2D eigenvalue weighted by atomic mass is 19.1. The van der Waals surface area contributed by atoms with E-state index < -0.39 is 11.8 Å². The maximum absolute atomic E-state index is 13.1. The van der Waals surface area contributed by atoms with Gasteiger partial charge in [-0.15, -0.1) is 0 Å². The Kier molecular flexibility index (Phi) is 3.45. The first-order valence-electron chi connectivity index (χ1n) is 4.06. The first-order chi connectivity index (χ1) is 6.67. The lowest BCUT2D eigenvalue weighted by Gasteiger charge is -2.04. The predicted molar refractivity (Wildman–Crippen MR) is 48.7 cm³/mol. The second-order valence-corrected chi connectivity index (χ2v) is 2.71. The van der Waals surface area contributed by atoms with Crippen LogP contribution in [0.1, 0.15) is 5.56 Å². The van der Waals surface area contributed by atoms with E-state index in [2.05, 4.69) is 4.74 Å². The number of carbonyl (C=O) groups is 1. The molecule has 4 heteroatoms. The number of benzene rings is 1. The third-order valence-electron chi connectivity index (χ3n) is 1.82. The molecule has 0 bridgehead atoms. The van der Waals surface area contributed by atoms with Crippen molar-refractivity contribution in [3.63, 3.8) is 0 Å². The number of carbonyl (C=O) groups excluding carboxylic acids is 1. The number of hydrogen-bond acceptors (Lipinski definition) is 3. The van der Waals surface area contributed by atoms with Gasteiger partial charge in [0, 0.05) is 5.56 Å². The normalized spacial score (nSPS) is 9.64. The third-order valence-corrected chi connectivity index (χ3v) is 1.82. The van der Waals surface area contributed by atoms with E-state index in [0.29, 0.717) is 5.75 Å². The summed E-state index contributed by atoms with van der Waals surface area (Å²) in [6.07, 6.45) is -0.0838. The molecule has 1 aromatic rings. The minimum Gasteiger partial charge on any atom is -0.497 e. The van der Waals surface area contributed by atoms with Gasteiger partial charge in [-0.25, -0.2) is 4.39 Å². The average molecular weight is 198 g/mol. The Labute approximate surface area is 81.4 Å². The molecule has 0 heterocycles. The number of ether oxygens (including phenoxy) is 2. The van der Waals surface area contributed by atoms with Gasteiger partial charge in [0.05, 0.1) is 20.6 Å². The van der Waals surface area contributed by atoms with Crippen LogP contribution >= 0.6 is 0 Å². The molecule has 0 fully saturated rings. The highest BCUT2D eigenvalue weighted by Crippen LogP contribution is 2.17. The molecule has 0 aliphatic carbocycles. The van der Waals surface area contributed by atoms with Gasteiger partial charge in [-0.1, -0.05) is 0 Å². The van der Waals surface area contributed by atoms with Crippen molar-refractivity contribution in [2.75, 3.05) is 14.2 Å². The summed E-state index contributed by atoms with van der Waals surface area (Å²) >= 11 is 0. The summed E-state index contributed by atoms with van der Waals surface area (Å²) in [5, 5.41) is 0. The first kappa shape index (κ1) is 10.5. The zero-order chi connectivity index (χ0) is 10.6. The van der Waals surface area contributed by atoms with E-state index in [0.717, 1.165) is 0 Å². The Hall–Kier alpha value is -1.58. The molecule has 1 rings (SSSR count). The quantitative estimate of drug-likeness (QED) is 0.691. The molecule has 0 N–H and O–H groups in total.